The highest BCUT2D eigenvalue weighted by Gasteiger charge is 2.34. The minimum absolute atomic E-state index is 0.0522. The van der Waals surface area contributed by atoms with Gasteiger partial charge < -0.3 is 5.11 Å². The molecule has 0 bridgehead atoms. The van der Waals surface area contributed by atoms with Crippen molar-refractivity contribution in [3.8, 4) is 0 Å². The lowest BCUT2D eigenvalue weighted by Gasteiger charge is -2.36. The number of rotatable bonds is 7. The van der Waals surface area contributed by atoms with Crippen LogP contribution < -0.4 is 0 Å². The molecule has 1 atom stereocenters. The van der Waals surface area contributed by atoms with Gasteiger partial charge in [0.2, 0.25) is 10.0 Å². The van der Waals surface area contributed by atoms with E-state index in [-0.39, 0.29) is 19.2 Å². The number of nitrogens with zero attached hydrogens (tertiary/aromatic N) is 1. The average Bonchev–Trinajstić information content (AvgIpc) is 2.44. The van der Waals surface area contributed by atoms with E-state index >= 15 is 0 Å². The zero-order valence-electron chi connectivity index (χ0n) is 12.8. The highest BCUT2D eigenvalue weighted by molar-refractivity contribution is 7.89. The minimum atomic E-state index is -3.50. The molecule has 118 valence electrons. The van der Waals surface area contributed by atoms with Gasteiger partial charge in [-0.3, -0.25) is 0 Å². The Hall–Kier alpha value is -0.910. The van der Waals surface area contributed by atoms with Crippen LogP contribution in [0.1, 0.15) is 51.0 Å². The number of aliphatic hydroxyl groups excluding tert-OH is 1. The molecular weight excluding hydrogens is 286 g/mol. The van der Waals surface area contributed by atoms with E-state index in [0.717, 1.165) is 31.2 Å². The van der Waals surface area contributed by atoms with E-state index in [9.17, 15) is 8.42 Å². The summed E-state index contributed by atoms with van der Waals surface area (Å²) >= 11 is 0. The van der Waals surface area contributed by atoms with Gasteiger partial charge in [-0.25, -0.2) is 8.42 Å². The molecule has 1 aliphatic carbocycles. The van der Waals surface area contributed by atoms with Crippen molar-refractivity contribution in [3.05, 3.63) is 29.8 Å². The standard InChI is InChI=1S/C16H25NO3S/c1-3-13(2)14-7-9-16(10-8-14)21(19,20)17(11-12-18)15-5-4-6-15/h7-10,13,15,18H,3-6,11-12H2,1-2H3. The SMILES string of the molecule is CCC(C)c1ccc(S(=O)(=O)N(CCO)C2CCC2)cc1. The molecule has 0 aliphatic heterocycles. The molecule has 0 amide bonds. The summed E-state index contributed by atoms with van der Waals surface area (Å²) in [5.41, 5.74) is 1.16. The Morgan fingerprint density at radius 1 is 1.29 bits per heavy atom. The minimum Gasteiger partial charge on any atom is -0.395 e. The predicted molar refractivity (Wildman–Crippen MR) is 83.8 cm³/mol. The van der Waals surface area contributed by atoms with E-state index in [4.69, 9.17) is 5.11 Å². The molecule has 1 aliphatic rings. The molecule has 5 heteroatoms. The lowest BCUT2D eigenvalue weighted by Crippen LogP contribution is -2.45. The molecule has 21 heavy (non-hydrogen) atoms. The summed E-state index contributed by atoms with van der Waals surface area (Å²) in [6, 6.07) is 7.24. The van der Waals surface area contributed by atoms with Gasteiger partial charge in [-0.1, -0.05) is 32.4 Å². The molecule has 1 N–H and O–H groups in total. The largest absolute Gasteiger partial charge is 0.395 e. The van der Waals surface area contributed by atoms with Crippen LogP contribution in [-0.2, 0) is 10.0 Å². The molecule has 2 rings (SSSR count). The first kappa shape index (κ1) is 16.5. The van der Waals surface area contributed by atoms with Crippen molar-refractivity contribution in [2.45, 2.75) is 56.4 Å². The lowest BCUT2D eigenvalue weighted by atomic mass is 9.93. The Bertz CT molecular complexity index is 549. The van der Waals surface area contributed by atoms with Crippen LogP contribution in [0, 0.1) is 0 Å². The number of hydrogen-bond acceptors (Lipinski definition) is 3. The fraction of sp³-hybridized carbons (Fsp3) is 0.625. The quantitative estimate of drug-likeness (QED) is 0.842. The molecule has 0 aromatic heterocycles. The van der Waals surface area contributed by atoms with Gasteiger partial charge in [0, 0.05) is 12.6 Å². The Morgan fingerprint density at radius 2 is 1.90 bits per heavy atom. The van der Waals surface area contributed by atoms with E-state index in [1.54, 1.807) is 12.1 Å². The Kier molecular flexibility index (Phi) is 5.41. The van der Waals surface area contributed by atoms with Crippen LogP contribution in [0.4, 0.5) is 0 Å². The number of sulfonamides is 1. The van der Waals surface area contributed by atoms with E-state index < -0.39 is 10.0 Å². The van der Waals surface area contributed by atoms with Gasteiger partial charge in [-0.15, -0.1) is 0 Å². The third-order valence-corrected chi connectivity index (χ3v) is 6.44. The molecule has 1 aromatic rings. The number of hydrogen-bond donors (Lipinski definition) is 1. The van der Waals surface area contributed by atoms with Gasteiger partial charge in [0.1, 0.15) is 0 Å². The van der Waals surface area contributed by atoms with Crippen molar-refractivity contribution in [2.75, 3.05) is 13.2 Å². The van der Waals surface area contributed by atoms with Crippen molar-refractivity contribution in [3.63, 3.8) is 0 Å². The first-order chi connectivity index (χ1) is 10.0. The second-order valence-corrected chi connectivity index (χ2v) is 7.69. The summed E-state index contributed by atoms with van der Waals surface area (Å²) in [7, 11) is -3.50. The molecular formula is C16H25NO3S. The molecule has 1 fully saturated rings. The van der Waals surface area contributed by atoms with Gasteiger partial charge in [-0.2, -0.15) is 4.31 Å². The first-order valence-electron chi connectivity index (χ1n) is 7.73. The van der Waals surface area contributed by atoms with Crippen LogP contribution >= 0.6 is 0 Å². The average molecular weight is 311 g/mol. The van der Waals surface area contributed by atoms with Crippen LogP contribution in [0.5, 0.6) is 0 Å². The predicted octanol–water partition coefficient (Wildman–Crippen LogP) is 2.74. The second-order valence-electron chi connectivity index (χ2n) is 5.80. The third-order valence-electron chi connectivity index (χ3n) is 4.47. The van der Waals surface area contributed by atoms with Gasteiger partial charge in [0.25, 0.3) is 0 Å². The van der Waals surface area contributed by atoms with Crippen molar-refractivity contribution in [2.24, 2.45) is 0 Å². The molecule has 1 saturated carbocycles. The maximum absolute atomic E-state index is 12.7. The lowest BCUT2D eigenvalue weighted by molar-refractivity contribution is 0.178. The van der Waals surface area contributed by atoms with Gasteiger partial charge in [-0.05, 0) is 42.9 Å². The van der Waals surface area contributed by atoms with E-state index in [1.807, 2.05) is 12.1 Å². The zero-order valence-corrected chi connectivity index (χ0v) is 13.6. The second kappa shape index (κ2) is 6.90. The topological polar surface area (TPSA) is 57.6 Å². The molecule has 0 spiro atoms. The van der Waals surface area contributed by atoms with E-state index in [1.165, 1.54) is 4.31 Å². The summed E-state index contributed by atoms with van der Waals surface area (Å²) in [6.45, 7) is 4.30. The third kappa shape index (κ3) is 3.47. The maximum Gasteiger partial charge on any atom is 0.243 e. The molecule has 0 heterocycles. The molecule has 0 saturated heterocycles. The summed E-state index contributed by atoms with van der Waals surface area (Å²) in [6.07, 6.45) is 3.88. The van der Waals surface area contributed by atoms with Crippen molar-refractivity contribution >= 4 is 10.0 Å². The molecule has 0 radical (unpaired) electrons. The highest BCUT2D eigenvalue weighted by Crippen LogP contribution is 2.30. The van der Waals surface area contributed by atoms with Crippen molar-refractivity contribution in [1.82, 2.24) is 4.31 Å². The summed E-state index contributed by atoms with van der Waals surface area (Å²) in [4.78, 5) is 0.329. The van der Waals surface area contributed by atoms with Crippen LogP contribution in [0.2, 0.25) is 0 Å². The van der Waals surface area contributed by atoms with E-state index in [0.29, 0.717) is 10.8 Å². The van der Waals surface area contributed by atoms with Crippen molar-refractivity contribution < 1.29 is 13.5 Å². The van der Waals surface area contributed by atoms with Gasteiger partial charge >= 0.3 is 0 Å². The van der Waals surface area contributed by atoms with Gasteiger partial charge in [0.05, 0.1) is 11.5 Å². The normalized spacial score (nSPS) is 17.7. The highest BCUT2D eigenvalue weighted by atomic mass is 32.2. The fourth-order valence-electron chi connectivity index (χ4n) is 2.61. The number of benzene rings is 1. The van der Waals surface area contributed by atoms with Gasteiger partial charge in [0.15, 0.2) is 0 Å². The van der Waals surface area contributed by atoms with Crippen LogP contribution in [0.25, 0.3) is 0 Å². The molecule has 4 nitrogen and oxygen atoms in total. The maximum atomic E-state index is 12.7. The molecule has 1 aromatic carbocycles. The van der Waals surface area contributed by atoms with Crippen LogP contribution in [-0.4, -0.2) is 37.0 Å². The van der Waals surface area contributed by atoms with E-state index in [2.05, 4.69) is 13.8 Å². The van der Waals surface area contributed by atoms with Crippen LogP contribution in [0.15, 0.2) is 29.2 Å². The Labute approximate surface area is 127 Å². The monoisotopic (exact) mass is 311 g/mol. The summed E-state index contributed by atoms with van der Waals surface area (Å²) in [5.74, 6) is 0.432. The molecule has 1 unspecified atom stereocenters. The summed E-state index contributed by atoms with van der Waals surface area (Å²) in [5, 5.41) is 9.16. The number of aliphatic hydroxyl groups is 1. The smallest absolute Gasteiger partial charge is 0.243 e. The van der Waals surface area contributed by atoms with Crippen LogP contribution in [0.3, 0.4) is 0 Å². The fourth-order valence-corrected chi connectivity index (χ4v) is 4.29. The zero-order chi connectivity index (χ0) is 15.5. The van der Waals surface area contributed by atoms with Crippen molar-refractivity contribution in [1.29, 1.82) is 0 Å². The first-order valence-corrected chi connectivity index (χ1v) is 9.17. The Morgan fingerprint density at radius 3 is 2.33 bits per heavy atom. The Balaban J connectivity index is 2.24. The summed E-state index contributed by atoms with van der Waals surface area (Å²) < 4.78 is 26.9.